The normalized spacial score (nSPS) is 29.6. The topological polar surface area (TPSA) is 45.2 Å². The van der Waals surface area contributed by atoms with E-state index in [2.05, 4.69) is 29.0 Å². The third-order valence-corrected chi connectivity index (χ3v) is 6.50. The minimum absolute atomic E-state index is 0.0507. The van der Waals surface area contributed by atoms with Gasteiger partial charge in [0.2, 0.25) is 0 Å². The highest BCUT2D eigenvalue weighted by Crippen LogP contribution is 2.39. The van der Waals surface area contributed by atoms with Crippen molar-refractivity contribution >= 4 is 27.3 Å². The van der Waals surface area contributed by atoms with Crippen molar-refractivity contribution in [1.29, 1.82) is 0 Å². The lowest BCUT2D eigenvalue weighted by molar-refractivity contribution is -0.0377. The lowest BCUT2D eigenvalue weighted by Gasteiger charge is -2.56. The monoisotopic (exact) mass is 315 g/mol. The van der Waals surface area contributed by atoms with Gasteiger partial charge < -0.3 is 5.32 Å². The van der Waals surface area contributed by atoms with Crippen molar-refractivity contribution in [2.75, 3.05) is 13.1 Å². The molecule has 4 nitrogen and oxygen atoms in total. The van der Waals surface area contributed by atoms with Crippen LogP contribution in [-0.4, -0.2) is 40.5 Å². The number of pyridine rings is 1. The van der Waals surface area contributed by atoms with Gasteiger partial charge in [-0.1, -0.05) is 0 Å². The van der Waals surface area contributed by atoms with Crippen molar-refractivity contribution in [2.24, 2.45) is 5.92 Å². The zero-order valence-electron chi connectivity index (χ0n) is 13.0. The lowest BCUT2D eigenvalue weighted by Crippen LogP contribution is -2.69. The Morgan fingerprint density at radius 2 is 2.18 bits per heavy atom. The largest absolute Gasteiger partial charge is 0.346 e. The van der Waals surface area contributed by atoms with E-state index in [1.54, 1.807) is 6.20 Å². The molecule has 1 atom stereocenters. The van der Waals surface area contributed by atoms with E-state index < -0.39 is 0 Å². The minimum atomic E-state index is 0.0507. The van der Waals surface area contributed by atoms with E-state index in [0.717, 1.165) is 15.0 Å². The van der Waals surface area contributed by atoms with Gasteiger partial charge in [-0.2, -0.15) is 0 Å². The summed E-state index contributed by atoms with van der Waals surface area (Å²) in [5.41, 5.74) is 0.0507. The molecule has 3 aliphatic rings. The predicted molar refractivity (Wildman–Crippen MR) is 89.3 cm³/mol. The molecule has 22 heavy (non-hydrogen) atoms. The number of aromatic nitrogens is 1. The first-order valence-electron chi connectivity index (χ1n) is 7.95. The van der Waals surface area contributed by atoms with Gasteiger partial charge >= 0.3 is 0 Å². The van der Waals surface area contributed by atoms with Crippen LogP contribution in [0.3, 0.4) is 0 Å². The molecule has 0 unspecified atom stereocenters. The van der Waals surface area contributed by atoms with Gasteiger partial charge in [0, 0.05) is 24.0 Å². The molecular formula is C17H21N3OS. The summed E-state index contributed by atoms with van der Waals surface area (Å²) in [6, 6.07) is 4.18. The number of rotatable bonds is 2. The molecule has 0 radical (unpaired) electrons. The summed E-state index contributed by atoms with van der Waals surface area (Å²) in [7, 11) is 0. The van der Waals surface area contributed by atoms with Crippen LogP contribution in [0.2, 0.25) is 0 Å². The molecule has 116 valence electrons. The second-order valence-electron chi connectivity index (χ2n) is 6.95. The number of amides is 1. The first-order valence-corrected chi connectivity index (χ1v) is 8.77. The molecule has 3 aliphatic heterocycles. The summed E-state index contributed by atoms with van der Waals surface area (Å²) in [5.74, 6) is 0.674. The van der Waals surface area contributed by atoms with Crippen LogP contribution < -0.4 is 5.32 Å². The maximum atomic E-state index is 12.7. The molecule has 5 heteroatoms. The van der Waals surface area contributed by atoms with Crippen LogP contribution in [0.25, 0.3) is 10.1 Å². The van der Waals surface area contributed by atoms with Crippen LogP contribution >= 0.6 is 11.3 Å². The van der Waals surface area contributed by atoms with E-state index in [1.165, 1.54) is 37.3 Å². The Bertz CT molecular complexity index is 683. The van der Waals surface area contributed by atoms with Gasteiger partial charge in [-0.3, -0.25) is 14.7 Å². The molecule has 5 rings (SSSR count). The number of nitrogens with one attached hydrogen (secondary N) is 1. The third-order valence-electron chi connectivity index (χ3n) is 5.42. The lowest BCUT2D eigenvalue weighted by atomic mass is 9.72. The first kappa shape index (κ1) is 14.2. The number of thiophene rings is 1. The second kappa shape index (κ2) is 5.03. The van der Waals surface area contributed by atoms with Crippen molar-refractivity contribution in [1.82, 2.24) is 15.2 Å². The fraction of sp³-hybridized carbons (Fsp3) is 0.529. The molecule has 2 aromatic rings. The van der Waals surface area contributed by atoms with E-state index in [9.17, 15) is 4.79 Å². The number of hydrogen-bond donors (Lipinski definition) is 1. The molecular weight excluding hydrogens is 294 g/mol. The predicted octanol–water partition coefficient (Wildman–Crippen LogP) is 2.90. The average Bonchev–Trinajstić information content (AvgIpc) is 2.95. The van der Waals surface area contributed by atoms with Gasteiger partial charge in [-0.15, -0.1) is 11.3 Å². The van der Waals surface area contributed by atoms with Crippen molar-refractivity contribution in [3.8, 4) is 0 Å². The quantitative estimate of drug-likeness (QED) is 0.927. The third kappa shape index (κ3) is 2.15. The number of piperidine rings is 3. The Morgan fingerprint density at radius 1 is 1.41 bits per heavy atom. The highest BCUT2D eigenvalue weighted by molar-refractivity contribution is 7.20. The zero-order chi connectivity index (χ0) is 15.3. The highest BCUT2D eigenvalue weighted by atomic mass is 32.1. The number of carbonyl (C=O) groups is 1. The molecule has 0 aliphatic carbocycles. The van der Waals surface area contributed by atoms with Gasteiger partial charge in [-0.05, 0) is 63.2 Å². The van der Waals surface area contributed by atoms with Crippen molar-refractivity contribution in [2.45, 2.75) is 38.3 Å². The number of nitrogens with zero attached hydrogens (tertiary/aromatic N) is 2. The van der Waals surface area contributed by atoms with Crippen molar-refractivity contribution in [3.05, 3.63) is 29.4 Å². The smallest absolute Gasteiger partial charge is 0.261 e. The van der Waals surface area contributed by atoms with E-state index in [0.29, 0.717) is 5.92 Å². The molecule has 1 amide bonds. The van der Waals surface area contributed by atoms with Gasteiger partial charge in [0.1, 0.15) is 0 Å². The van der Waals surface area contributed by atoms with Gasteiger partial charge in [0.15, 0.2) is 0 Å². The standard InChI is InChI=1S/C17H21N3OS/c1-17(2)15(11-4-7-20(17)8-5-11)19-16(21)13-9-12-3-6-18-10-14(12)22-13/h3,6,9-11,15H,4-5,7-8H2,1-2H3,(H,19,21)/t15-/m1/s1. The summed E-state index contributed by atoms with van der Waals surface area (Å²) in [6.45, 7) is 6.85. The van der Waals surface area contributed by atoms with Crippen LogP contribution in [0.15, 0.2) is 24.5 Å². The summed E-state index contributed by atoms with van der Waals surface area (Å²) >= 11 is 1.53. The van der Waals surface area contributed by atoms with Crippen LogP contribution in [0, 0.1) is 5.92 Å². The van der Waals surface area contributed by atoms with Crippen molar-refractivity contribution in [3.63, 3.8) is 0 Å². The van der Waals surface area contributed by atoms with Gasteiger partial charge in [-0.25, -0.2) is 0 Å². The molecule has 5 heterocycles. The molecule has 0 spiro atoms. The first-order chi connectivity index (χ1) is 10.6. The Labute approximate surface area is 134 Å². The number of fused-ring (bicyclic) bond motifs is 4. The fourth-order valence-corrected chi connectivity index (χ4v) is 5.02. The van der Waals surface area contributed by atoms with Crippen LogP contribution in [0.5, 0.6) is 0 Å². The molecule has 0 aromatic carbocycles. The average molecular weight is 315 g/mol. The second-order valence-corrected chi connectivity index (χ2v) is 8.04. The van der Waals surface area contributed by atoms with Crippen LogP contribution in [-0.2, 0) is 0 Å². The van der Waals surface area contributed by atoms with Crippen LogP contribution in [0.1, 0.15) is 36.4 Å². The van der Waals surface area contributed by atoms with Gasteiger partial charge in [0.25, 0.3) is 5.91 Å². The van der Waals surface area contributed by atoms with E-state index >= 15 is 0 Å². The molecule has 2 bridgehead atoms. The van der Waals surface area contributed by atoms with E-state index in [1.807, 2.05) is 18.3 Å². The molecule has 3 fully saturated rings. The minimum Gasteiger partial charge on any atom is -0.346 e. The van der Waals surface area contributed by atoms with E-state index in [4.69, 9.17) is 0 Å². The summed E-state index contributed by atoms with van der Waals surface area (Å²) < 4.78 is 1.07. The van der Waals surface area contributed by atoms with Gasteiger partial charge in [0.05, 0.1) is 9.58 Å². The summed E-state index contributed by atoms with van der Waals surface area (Å²) in [4.78, 5) is 20.1. The molecule has 3 saturated heterocycles. The van der Waals surface area contributed by atoms with Crippen LogP contribution in [0.4, 0.5) is 0 Å². The SMILES string of the molecule is CC1(C)[C@H](NC(=O)c2cc3ccncc3s2)C2CCN1CC2. The molecule has 0 saturated carbocycles. The zero-order valence-corrected chi connectivity index (χ0v) is 13.8. The Morgan fingerprint density at radius 3 is 2.86 bits per heavy atom. The van der Waals surface area contributed by atoms with E-state index in [-0.39, 0.29) is 17.5 Å². The number of carbonyl (C=O) groups excluding carboxylic acids is 1. The Kier molecular flexibility index (Phi) is 3.24. The molecule has 2 aromatic heterocycles. The fourth-order valence-electron chi connectivity index (χ4n) is 4.09. The molecule has 1 N–H and O–H groups in total. The Hall–Kier alpha value is -1.46. The summed E-state index contributed by atoms with van der Waals surface area (Å²) in [6.07, 6.45) is 6.00. The maximum absolute atomic E-state index is 12.7. The van der Waals surface area contributed by atoms with Crippen molar-refractivity contribution < 1.29 is 4.79 Å². The maximum Gasteiger partial charge on any atom is 0.261 e. The highest BCUT2D eigenvalue weighted by Gasteiger charge is 2.48. The number of hydrogen-bond acceptors (Lipinski definition) is 4. The summed E-state index contributed by atoms with van der Waals surface area (Å²) in [5, 5.41) is 4.42. The Balaban J connectivity index is 1.58.